The zero-order valence-corrected chi connectivity index (χ0v) is 21.4. The summed E-state index contributed by atoms with van der Waals surface area (Å²) in [5, 5.41) is 4.36. The molecule has 1 N–H and O–H groups in total. The van der Waals surface area contributed by atoms with Crippen LogP contribution in [0.5, 0.6) is 0 Å². The summed E-state index contributed by atoms with van der Waals surface area (Å²) in [6.45, 7) is 2.53. The summed E-state index contributed by atoms with van der Waals surface area (Å²) in [6, 6.07) is 24.0. The molecule has 36 heavy (non-hydrogen) atoms. The number of carbonyl (C=O) groups excluding carboxylic acids is 2. The molecule has 6 heteroatoms. The first-order valence-electron chi connectivity index (χ1n) is 11.7. The highest BCUT2D eigenvalue weighted by Gasteiger charge is 2.43. The van der Waals surface area contributed by atoms with Crippen LogP contribution in [0, 0.1) is 0 Å². The third kappa shape index (κ3) is 3.44. The smallest absolute Gasteiger partial charge is 0.336 e. The standard InChI is InChI=1S/C30H23BrN2O3/c1-17-25(30(35)36-2)26(27-28(32-17)21-8-3-4-9-22(21)29(27)34)23-16-33(24-10-6-5-7-20(23)24)15-18-11-13-19(31)14-12-18/h3-14,16,26,32H,15H2,1-2H3/t26-/m0/s1. The maximum atomic E-state index is 13.8. The van der Waals surface area contributed by atoms with Gasteiger partial charge in [-0.15, -0.1) is 0 Å². The monoisotopic (exact) mass is 538 g/mol. The number of allylic oxidation sites excluding steroid dienone is 2. The van der Waals surface area contributed by atoms with E-state index in [4.69, 9.17) is 4.74 Å². The fourth-order valence-corrected chi connectivity index (χ4v) is 5.71. The van der Waals surface area contributed by atoms with Gasteiger partial charge in [0.25, 0.3) is 0 Å². The van der Waals surface area contributed by atoms with Crippen LogP contribution in [-0.2, 0) is 16.1 Å². The maximum Gasteiger partial charge on any atom is 0.336 e. The Morgan fingerprint density at radius 2 is 1.69 bits per heavy atom. The molecule has 0 saturated carbocycles. The molecule has 0 fully saturated rings. The number of halogens is 1. The fourth-order valence-electron chi connectivity index (χ4n) is 5.44. The maximum absolute atomic E-state index is 13.8. The van der Waals surface area contributed by atoms with Crippen LogP contribution in [0.15, 0.2) is 100 Å². The molecule has 1 atom stereocenters. The number of nitrogens with zero attached hydrogens (tertiary/aromatic N) is 1. The Hall–Kier alpha value is -3.90. The molecular weight excluding hydrogens is 516 g/mol. The third-order valence-electron chi connectivity index (χ3n) is 7.05. The number of esters is 1. The Morgan fingerprint density at radius 3 is 2.44 bits per heavy atom. The van der Waals surface area contributed by atoms with Gasteiger partial charge in [0, 0.05) is 50.5 Å². The summed E-state index contributed by atoms with van der Waals surface area (Å²) in [6.07, 6.45) is 2.08. The van der Waals surface area contributed by atoms with Gasteiger partial charge in [0.15, 0.2) is 5.78 Å². The minimum atomic E-state index is -0.551. The Balaban J connectivity index is 1.57. The van der Waals surface area contributed by atoms with E-state index in [2.05, 4.69) is 56.3 Å². The van der Waals surface area contributed by atoms with E-state index >= 15 is 0 Å². The minimum absolute atomic E-state index is 0.0586. The Morgan fingerprint density at radius 1 is 1.00 bits per heavy atom. The van der Waals surface area contributed by atoms with Crippen molar-refractivity contribution in [3.05, 3.63) is 123 Å². The largest absolute Gasteiger partial charge is 0.466 e. The highest BCUT2D eigenvalue weighted by molar-refractivity contribution is 9.10. The van der Waals surface area contributed by atoms with Crippen LogP contribution >= 0.6 is 15.9 Å². The molecule has 1 aliphatic carbocycles. The van der Waals surface area contributed by atoms with Crippen molar-refractivity contribution < 1.29 is 14.3 Å². The molecule has 0 spiro atoms. The summed E-state index contributed by atoms with van der Waals surface area (Å²) in [5.74, 6) is -1.05. The highest BCUT2D eigenvalue weighted by Crippen LogP contribution is 2.48. The van der Waals surface area contributed by atoms with Crippen molar-refractivity contribution >= 4 is 44.3 Å². The van der Waals surface area contributed by atoms with Crippen molar-refractivity contribution in [1.82, 2.24) is 9.88 Å². The molecule has 0 bridgehead atoms. The first-order chi connectivity index (χ1) is 17.5. The number of ether oxygens (including phenoxy) is 1. The van der Waals surface area contributed by atoms with Crippen LogP contribution in [0.25, 0.3) is 16.6 Å². The lowest BCUT2D eigenvalue weighted by molar-refractivity contribution is -0.136. The Kier molecular flexibility index (Phi) is 5.41. The summed E-state index contributed by atoms with van der Waals surface area (Å²) in [5.41, 5.74) is 7.15. The zero-order valence-electron chi connectivity index (χ0n) is 19.8. The van der Waals surface area contributed by atoms with E-state index in [-0.39, 0.29) is 5.78 Å². The third-order valence-corrected chi connectivity index (χ3v) is 7.58. The number of hydrogen-bond acceptors (Lipinski definition) is 4. The van der Waals surface area contributed by atoms with E-state index < -0.39 is 11.9 Å². The predicted octanol–water partition coefficient (Wildman–Crippen LogP) is 6.19. The van der Waals surface area contributed by atoms with Gasteiger partial charge in [0.1, 0.15) is 0 Å². The van der Waals surface area contributed by atoms with Crippen molar-refractivity contribution in [3.63, 3.8) is 0 Å². The molecule has 1 aliphatic heterocycles. The Bertz CT molecular complexity index is 1630. The number of hydrogen-bond donors (Lipinski definition) is 1. The first-order valence-corrected chi connectivity index (χ1v) is 12.5. The van der Waals surface area contributed by atoms with Gasteiger partial charge in [-0.25, -0.2) is 4.79 Å². The van der Waals surface area contributed by atoms with E-state index in [1.54, 1.807) is 0 Å². The lowest BCUT2D eigenvalue weighted by Crippen LogP contribution is -2.29. The average Bonchev–Trinajstić information content (AvgIpc) is 3.39. The lowest BCUT2D eigenvalue weighted by Gasteiger charge is -2.28. The van der Waals surface area contributed by atoms with Crippen LogP contribution in [0.3, 0.4) is 0 Å². The molecule has 4 aromatic rings. The number of aromatic nitrogens is 1. The van der Waals surface area contributed by atoms with Crippen molar-refractivity contribution in [1.29, 1.82) is 0 Å². The molecule has 0 radical (unpaired) electrons. The highest BCUT2D eigenvalue weighted by atomic mass is 79.9. The topological polar surface area (TPSA) is 60.3 Å². The Labute approximate surface area is 217 Å². The molecular formula is C30H23BrN2O3. The van der Waals surface area contributed by atoms with Gasteiger partial charge in [0.2, 0.25) is 0 Å². The molecule has 5 nitrogen and oxygen atoms in total. The minimum Gasteiger partial charge on any atom is -0.466 e. The number of nitrogens with one attached hydrogen (secondary N) is 1. The number of ketones is 1. The number of fused-ring (bicyclic) bond motifs is 3. The van der Waals surface area contributed by atoms with Crippen molar-refractivity contribution in [3.8, 4) is 0 Å². The second-order valence-electron chi connectivity index (χ2n) is 9.11. The fraction of sp³-hybridized carbons (Fsp3) is 0.133. The lowest BCUT2D eigenvalue weighted by atomic mass is 9.79. The number of benzene rings is 3. The number of methoxy groups -OCH3 is 1. The number of rotatable bonds is 4. The van der Waals surface area contributed by atoms with E-state index in [1.807, 2.05) is 55.5 Å². The molecule has 0 amide bonds. The summed E-state index contributed by atoms with van der Waals surface area (Å²) >= 11 is 3.50. The van der Waals surface area contributed by atoms with Crippen LogP contribution < -0.4 is 5.32 Å². The van der Waals surface area contributed by atoms with Gasteiger partial charge in [-0.1, -0.05) is 70.5 Å². The quantitative estimate of drug-likeness (QED) is 0.314. The molecule has 0 saturated heterocycles. The van der Waals surface area contributed by atoms with Crippen LogP contribution in [0.4, 0.5) is 0 Å². The molecule has 178 valence electrons. The van der Waals surface area contributed by atoms with Crippen molar-refractivity contribution in [2.75, 3.05) is 7.11 Å². The second kappa shape index (κ2) is 8.64. The van der Waals surface area contributed by atoms with Crippen molar-refractivity contribution in [2.45, 2.75) is 19.4 Å². The van der Waals surface area contributed by atoms with Crippen LogP contribution in [0.2, 0.25) is 0 Å². The molecule has 1 aromatic heterocycles. The van der Waals surface area contributed by atoms with E-state index in [9.17, 15) is 9.59 Å². The van der Waals surface area contributed by atoms with E-state index in [1.165, 1.54) is 7.11 Å². The van der Waals surface area contributed by atoms with Gasteiger partial charge in [-0.3, -0.25) is 4.79 Å². The number of Topliss-reactive ketones (excluding diaryl/α,β-unsaturated/α-hetero) is 1. The summed E-state index contributed by atoms with van der Waals surface area (Å²) in [4.78, 5) is 26.9. The van der Waals surface area contributed by atoms with Gasteiger partial charge >= 0.3 is 5.97 Å². The zero-order chi connectivity index (χ0) is 25.0. The molecule has 2 aliphatic rings. The SMILES string of the molecule is COC(=O)C1=C(C)NC2=C(C(=O)c3ccccc32)[C@H]1c1cn(Cc2ccc(Br)cc2)c2ccccc12. The molecule has 6 rings (SSSR count). The van der Waals surface area contributed by atoms with Crippen molar-refractivity contribution in [2.24, 2.45) is 0 Å². The molecule has 2 heterocycles. The first kappa shape index (κ1) is 22.6. The van der Waals surface area contributed by atoms with Crippen LogP contribution in [-0.4, -0.2) is 23.4 Å². The number of carbonyl (C=O) groups is 2. The van der Waals surface area contributed by atoms with Gasteiger partial charge in [0.05, 0.1) is 24.3 Å². The summed E-state index contributed by atoms with van der Waals surface area (Å²) in [7, 11) is 1.38. The molecule has 3 aromatic carbocycles. The average molecular weight is 539 g/mol. The number of para-hydroxylation sites is 1. The second-order valence-corrected chi connectivity index (χ2v) is 10.0. The van der Waals surface area contributed by atoms with Gasteiger partial charge < -0.3 is 14.6 Å². The summed E-state index contributed by atoms with van der Waals surface area (Å²) < 4.78 is 8.43. The van der Waals surface area contributed by atoms with E-state index in [0.717, 1.165) is 37.8 Å². The molecule has 0 unspecified atom stereocenters. The van der Waals surface area contributed by atoms with Gasteiger partial charge in [-0.2, -0.15) is 0 Å². The normalized spacial score (nSPS) is 16.8. The predicted molar refractivity (Wildman–Crippen MR) is 143 cm³/mol. The van der Waals surface area contributed by atoms with E-state index in [0.29, 0.717) is 29.0 Å². The van der Waals surface area contributed by atoms with Crippen LogP contribution in [0.1, 0.15) is 39.9 Å². The van der Waals surface area contributed by atoms with Gasteiger partial charge in [-0.05, 0) is 36.2 Å². The number of dihydropyridines is 1.